The summed E-state index contributed by atoms with van der Waals surface area (Å²) in [5, 5.41) is 8.27. The van der Waals surface area contributed by atoms with Gasteiger partial charge in [-0.25, -0.2) is 5.43 Å². The Labute approximate surface area is 171 Å². The zero-order valence-corrected chi connectivity index (χ0v) is 17.0. The first-order valence-corrected chi connectivity index (χ1v) is 9.21. The molecule has 1 amide bonds. The van der Waals surface area contributed by atoms with Crippen LogP contribution in [-0.2, 0) is 6.54 Å². The number of hydrogen-bond acceptors (Lipinski definition) is 5. The molecular weight excluding hydrogens is 424 g/mol. The number of amides is 1. The summed E-state index contributed by atoms with van der Waals surface area (Å²) in [6.45, 7) is 0.571. The Morgan fingerprint density at radius 1 is 1.18 bits per heavy atom. The summed E-state index contributed by atoms with van der Waals surface area (Å²) in [4.78, 5) is 12.2. The lowest BCUT2D eigenvalue weighted by Gasteiger charge is -2.07. The number of methoxy groups -OCH3 is 2. The molecule has 0 spiro atoms. The number of ether oxygens (including phenoxy) is 2. The summed E-state index contributed by atoms with van der Waals surface area (Å²) in [6, 6.07) is 14.9. The van der Waals surface area contributed by atoms with Gasteiger partial charge in [0.2, 0.25) is 0 Å². The summed E-state index contributed by atoms with van der Waals surface area (Å²) in [7, 11) is 3.13. The molecule has 0 bridgehead atoms. The van der Waals surface area contributed by atoms with E-state index in [1.54, 1.807) is 43.3 Å². The molecule has 3 aromatic rings. The van der Waals surface area contributed by atoms with E-state index in [0.717, 1.165) is 15.6 Å². The minimum absolute atomic E-state index is 0.291. The average Bonchev–Trinajstić information content (AvgIpc) is 3.16. The lowest BCUT2D eigenvalue weighted by molar-refractivity contribution is 0.0949. The number of hydrogen-bond donors (Lipinski definition) is 1. The molecule has 0 aliphatic heterocycles. The van der Waals surface area contributed by atoms with Gasteiger partial charge in [-0.3, -0.25) is 9.48 Å². The van der Waals surface area contributed by atoms with E-state index in [9.17, 15) is 4.79 Å². The van der Waals surface area contributed by atoms with E-state index in [2.05, 4.69) is 31.6 Å². The van der Waals surface area contributed by atoms with Crippen molar-refractivity contribution in [1.82, 2.24) is 15.2 Å². The van der Waals surface area contributed by atoms with Gasteiger partial charge in [-0.15, -0.1) is 0 Å². The SMILES string of the molecule is COc1ccc(C=NNC(=O)c2ccn(Cc3cccc(Br)c3)n2)cc1OC. The van der Waals surface area contributed by atoms with Gasteiger partial charge < -0.3 is 9.47 Å². The van der Waals surface area contributed by atoms with Crippen molar-refractivity contribution in [2.75, 3.05) is 14.2 Å². The summed E-state index contributed by atoms with van der Waals surface area (Å²) in [5.41, 5.74) is 4.61. The normalized spacial score (nSPS) is 10.8. The summed E-state index contributed by atoms with van der Waals surface area (Å²) in [5.74, 6) is 0.827. The van der Waals surface area contributed by atoms with Crippen molar-refractivity contribution >= 4 is 28.1 Å². The van der Waals surface area contributed by atoms with Crippen molar-refractivity contribution in [3.05, 3.63) is 76.0 Å². The van der Waals surface area contributed by atoms with Gasteiger partial charge in [-0.1, -0.05) is 28.1 Å². The van der Waals surface area contributed by atoms with Crippen molar-refractivity contribution in [3.8, 4) is 11.5 Å². The number of benzene rings is 2. The van der Waals surface area contributed by atoms with Crippen LogP contribution in [0.1, 0.15) is 21.6 Å². The first-order chi connectivity index (χ1) is 13.6. The molecule has 0 saturated heterocycles. The fraction of sp³-hybridized carbons (Fsp3) is 0.150. The zero-order valence-electron chi connectivity index (χ0n) is 15.4. The van der Waals surface area contributed by atoms with Crippen LogP contribution in [-0.4, -0.2) is 36.1 Å². The highest BCUT2D eigenvalue weighted by atomic mass is 79.9. The van der Waals surface area contributed by atoms with Gasteiger partial charge >= 0.3 is 0 Å². The predicted molar refractivity (Wildman–Crippen MR) is 110 cm³/mol. The van der Waals surface area contributed by atoms with Crippen LogP contribution in [0.3, 0.4) is 0 Å². The first kappa shape index (κ1) is 19.6. The number of aromatic nitrogens is 2. The second-order valence-electron chi connectivity index (χ2n) is 5.84. The Hall–Kier alpha value is -3.13. The van der Waals surface area contributed by atoms with Crippen LogP contribution >= 0.6 is 15.9 Å². The number of carbonyl (C=O) groups excluding carboxylic acids is 1. The Kier molecular flexibility index (Phi) is 6.44. The van der Waals surface area contributed by atoms with Gasteiger partial charge in [-0.2, -0.15) is 10.2 Å². The fourth-order valence-corrected chi connectivity index (χ4v) is 3.00. The molecule has 0 atom stereocenters. The molecule has 2 aromatic carbocycles. The molecule has 28 heavy (non-hydrogen) atoms. The summed E-state index contributed by atoms with van der Waals surface area (Å²) in [6.07, 6.45) is 3.28. The van der Waals surface area contributed by atoms with E-state index >= 15 is 0 Å². The quantitative estimate of drug-likeness (QED) is 0.448. The molecule has 0 saturated carbocycles. The highest BCUT2D eigenvalue weighted by molar-refractivity contribution is 9.10. The van der Waals surface area contributed by atoms with Crippen LogP contribution in [0.25, 0.3) is 0 Å². The lowest BCUT2D eigenvalue weighted by Crippen LogP contribution is -2.18. The Balaban J connectivity index is 1.61. The fourth-order valence-electron chi connectivity index (χ4n) is 2.55. The highest BCUT2D eigenvalue weighted by Gasteiger charge is 2.09. The van der Waals surface area contributed by atoms with Crippen molar-refractivity contribution in [2.24, 2.45) is 5.10 Å². The molecule has 0 fully saturated rings. The van der Waals surface area contributed by atoms with Crippen molar-refractivity contribution < 1.29 is 14.3 Å². The third-order valence-corrected chi connectivity index (χ3v) is 4.39. The Morgan fingerprint density at radius 2 is 2.00 bits per heavy atom. The maximum Gasteiger partial charge on any atom is 0.291 e. The largest absolute Gasteiger partial charge is 0.493 e. The maximum absolute atomic E-state index is 12.2. The van der Waals surface area contributed by atoms with E-state index in [1.807, 2.05) is 30.3 Å². The van der Waals surface area contributed by atoms with E-state index in [-0.39, 0.29) is 5.91 Å². The van der Waals surface area contributed by atoms with E-state index in [0.29, 0.717) is 23.7 Å². The van der Waals surface area contributed by atoms with Crippen LogP contribution in [0.15, 0.2) is 64.3 Å². The Bertz CT molecular complexity index is 1000. The molecule has 0 radical (unpaired) electrons. The molecular formula is C20H19BrN4O3. The van der Waals surface area contributed by atoms with Gasteiger partial charge in [0.25, 0.3) is 5.91 Å². The number of nitrogens with zero attached hydrogens (tertiary/aromatic N) is 3. The van der Waals surface area contributed by atoms with Gasteiger partial charge in [0.15, 0.2) is 17.2 Å². The van der Waals surface area contributed by atoms with Crippen LogP contribution < -0.4 is 14.9 Å². The smallest absolute Gasteiger partial charge is 0.291 e. The second kappa shape index (κ2) is 9.18. The monoisotopic (exact) mass is 442 g/mol. The van der Waals surface area contributed by atoms with Gasteiger partial charge in [-0.05, 0) is 47.5 Å². The number of halogens is 1. The van der Waals surface area contributed by atoms with Gasteiger partial charge in [0.1, 0.15) is 0 Å². The van der Waals surface area contributed by atoms with E-state index in [4.69, 9.17) is 9.47 Å². The first-order valence-electron chi connectivity index (χ1n) is 8.42. The molecule has 0 aliphatic carbocycles. The number of carbonyl (C=O) groups is 1. The molecule has 8 heteroatoms. The van der Waals surface area contributed by atoms with E-state index in [1.165, 1.54) is 6.21 Å². The Morgan fingerprint density at radius 3 is 2.75 bits per heavy atom. The number of rotatable bonds is 7. The number of nitrogens with one attached hydrogen (secondary N) is 1. The third-order valence-electron chi connectivity index (χ3n) is 3.89. The average molecular weight is 443 g/mol. The van der Waals surface area contributed by atoms with Crippen molar-refractivity contribution in [1.29, 1.82) is 0 Å². The second-order valence-corrected chi connectivity index (χ2v) is 6.76. The number of hydrazone groups is 1. The van der Waals surface area contributed by atoms with Crippen LogP contribution in [0.4, 0.5) is 0 Å². The van der Waals surface area contributed by atoms with Crippen LogP contribution in [0, 0.1) is 0 Å². The van der Waals surface area contributed by atoms with E-state index < -0.39 is 0 Å². The van der Waals surface area contributed by atoms with Gasteiger partial charge in [0, 0.05) is 10.7 Å². The third kappa shape index (κ3) is 4.98. The molecule has 1 N–H and O–H groups in total. The van der Waals surface area contributed by atoms with Crippen molar-refractivity contribution in [3.63, 3.8) is 0 Å². The van der Waals surface area contributed by atoms with Crippen LogP contribution in [0.2, 0.25) is 0 Å². The molecule has 1 aromatic heterocycles. The maximum atomic E-state index is 12.2. The molecule has 1 heterocycles. The summed E-state index contributed by atoms with van der Waals surface area (Å²) < 4.78 is 13.1. The predicted octanol–water partition coefficient (Wildman–Crippen LogP) is 3.48. The molecule has 3 rings (SSSR count). The molecule has 0 aliphatic rings. The zero-order chi connectivity index (χ0) is 19.9. The van der Waals surface area contributed by atoms with Crippen LogP contribution in [0.5, 0.6) is 11.5 Å². The standard InChI is InChI=1S/C20H19BrN4O3/c1-27-18-7-6-14(11-19(18)28-2)12-22-23-20(26)17-8-9-25(24-17)13-15-4-3-5-16(21)10-15/h3-12H,13H2,1-2H3,(H,23,26). The highest BCUT2D eigenvalue weighted by Crippen LogP contribution is 2.26. The topological polar surface area (TPSA) is 77.7 Å². The minimum atomic E-state index is -0.385. The van der Waals surface area contributed by atoms with Gasteiger partial charge in [0.05, 0.1) is 27.0 Å². The summed E-state index contributed by atoms with van der Waals surface area (Å²) >= 11 is 3.44. The molecule has 144 valence electrons. The minimum Gasteiger partial charge on any atom is -0.493 e. The van der Waals surface area contributed by atoms with Crippen molar-refractivity contribution in [2.45, 2.75) is 6.54 Å². The molecule has 7 nitrogen and oxygen atoms in total. The lowest BCUT2D eigenvalue weighted by atomic mass is 10.2. The molecule has 0 unspecified atom stereocenters.